The van der Waals surface area contributed by atoms with E-state index in [2.05, 4.69) is 8.75 Å². The maximum absolute atomic E-state index is 13.3. The van der Waals surface area contributed by atoms with Crippen LogP contribution < -0.4 is 0 Å². The molecule has 2 aliphatic heterocycles. The molecule has 2 amide bonds. The zero-order valence-electron chi connectivity index (χ0n) is 18.3. The number of nitrogens with zero attached hydrogens (tertiary/aromatic N) is 4. The second kappa shape index (κ2) is 6.76. The molecule has 0 aliphatic carbocycles. The topological polar surface area (TPSA) is 92.7 Å². The third-order valence-corrected chi connectivity index (χ3v) is 6.66. The first-order chi connectivity index (χ1) is 15.9. The lowest BCUT2D eigenvalue weighted by molar-refractivity contribution is -0.123. The van der Waals surface area contributed by atoms with Crippen molar-refractivity contribution in [1.29, 1.82) is 0 Å². The molecule has 164 valence electrons. The van der Waals surface area contributed by atoms with E-state index < -0.39 is 0 Å². The number of amides is 2. The highest BCUT2D eigenvalue weighted by Gasteiger charge is 2.48. The number of aryl methyl sites for hydroxylation is 2. The molecule has 0 saturated heterocycles. The lowest BCUT2D eigenvalue weighted by Crippen LogP contribution is -2.25. The zero-order valence-corrected chi connectivity index (χ0v) is 19.1. The van der Waals surface area contributed by atoms with Crippen LogP contribution in [0.2, 0.25) is 0 Å². The summed E-state index contributed by atoms with van der Waals surface area (Å²) in [5.74, 6) is 1.65. The van der Waals surface area contributed by atoms with Crippen LogP contribution in [0.4, 0.5) is 0 Å². The quantitative estimate of drug-likeness (QED) is 0.456. The van der Waals surface area contributed by atoms with Gasteiger partial charge in [-0.25, -0.2) is 0 Å². The molecule has 0 radical (unpaired) electrons. The Bertz CT molecular complexity index is 1570. The first-order valence-corrected chi connectivity index (χ1v) is 11.0. The molecule has 0 N–H and O–H groups in total. The summed E-state index contributed by atoms with van der Waals surface area (Å²) in [6, 6.07) is 11.1. The van der Waals surface area contributed by atoms with Crippen LogP contribution in [-0.2, 0) is 9.59 Å². The molecule has 0 atom stereocenters. The Morgan fingerprint density at radius 2 is 1.30 bits per heavy atom. The fourth-order valence-electron chi connectivity index (χ4n) is 4.46. The van der Waals surface area contributed by atoms with Gasteiger partial charge in [-0.3, -0.25) is 9.59 Å². The summed E-state index contributed by atoms with van der Waals surface area (Å²) in [6.07, 6.45) is 0. The van der Waals surface area contributed by atoms with E-state index in [4.69, 9.17) is 8.83 Å². The predicted molar refractivity (Wildman–Crippen MR) is 123 cm³/mol. The van der Waals surface area contributed by atoms with Crippen molar-refractivity contribution in [2.24, 2.45) is 0 Å². The number of benzene rings is 1. The van der Waals surface area contributed by atoms with Crippen LogP contribution in [-0.4, -0.2) is 44.5 Å². The van der Waals surface area contributed by atoms with Gasteiger partial charge >= 0.3 is 0 Å². The Balaban J connectivity index is 1.52. The fraction of sp³-hybridized carbons (Fsp3) is 0.167. The molecule has 2 aliphatic rings. The van der Waals surface area contributed by atoms with Gasteiger partial charge < -0.3 is 18.6 Å². The van der Waals surface area contributed by atoms with Crippen molar-refractivity contribution in [3.63, 3.8) is 0 Å². The summed E-state index contributed by atoms with van der Waals surface area (Å²) >= 11 is 1.15. The van der Waals surface area contributed by atoms with Gasteiger partial charge in [0.15, 0.2) is 11.5 Å². The van der Waals surface area contributed by atoms with Crippen LogP contribution in [0.25, 0.3) is 33.8 Å². The average molecular weight is 458 g/mol. The highest BCUT2D eigenvalue weighted by Crippen LogP contribution is 2.46. The molecule has 0 saturated carbocycles. The smallest absolute Gasteiger partial charge is 0.261 e. The third kappa shape index (κ3) is 2.62. The van der Waals surface area contributed by atoms with E-state index in [0.29, 0.717) is 45.6 Å². The minimum Gasteiger partial charge on any atom is -0.460 e. The van der Waals surface area contributed by atoms with Crippen LogP contribution in [0, 0.1) is 13.8 Å². The number of likely N-dealkylation sites (N-methyl/N-ethyl adjacent to an activating group) is 2. The Hall–Kier alpha value is -3.98. The van der Waals surface area contributed by atoms with Gasteiger partial charge in [-0.1, -0.05) is 6.07 Å². The Labute approximate surface area is 192 Å². The number of carbonyl (C=O) groups is 2. The summed E-state index contributed by atoms with van der Waals surface area (Å²) in [6.45, 7) is 3.81. The molecule has 8 nitrogen and oxygen atoms in total. The number of rotatable bonds is 3. The maximum atomic E-state index is 13.3. The number of hydrogen-bond donors (Lipinski definition) is 0. The Kier molecular flexibility index (Phi) is 4.03. The molecule has 0 bridgehead atoms. The zero-order chi connectivity index (χ0) is 23.0. The van der Waals surface area contributed by atoms with E-state index in [1.54, 1.807) is 32.3 Å². The van der Waals surface area contributed by atoms with E-state index in [-0.39, 0.29) is 11.8 Å². The normalized spacial score (nSPS) is 16.2. The molecule has 6 rings (SSSR count). The molecular formula is C24H18N4O4S. The van der Waals surface area contributed by atoms with E-state index in [1.165, 1.54) is 9.80 Å². The molecule has 33 heavy (non-hydrogen) atoms. The van der Waals surface area contributed by atoms with Crippen LogP contribution >= 0.6 is 11.7 Å². The summed E-state index contributed by atoms with van der Waals surface area (Å²) in [5.41, 5.74) is 5.00. The van der Waals surface area contributed by atoms with Crippen LogP contribution in [0.15, 0.2) is 56.4 Å². The van der Waals surface area contributed by atoms with Crippen molar-refractivity contribution >= 4 is 46.0 Å². The maximum Gasteiger partial charge on any atom is 0.261 e. The van der Waals surface area contributed by atoms with Crippen LogP contribution in [0.1, 0.15) is 22.8 Å². The van der Waals surface area contributed by atoms with Crippen molar-refractivity contribution in [3.8, 4) is 11.3 Å². The minimum atomic E-state index is -0.277. The lowest BCUT2D eigenvalue weighted by Gasteiger charge is -2.17. The lowest BCUT2D eigenvalue weighted by atomic mass is 10.1. The second-order valence-corrected chi connectivity index (χ2v) is 8.67. The van der Waals surface area contributed by atoms with Crippen molar-refractivity contribution < 1.29 is 18.4 Å². The van der Waals surface area contributed by atoms with Gasteiger partial charge in [0.05, 0.1) is 22.9 Å². The highest BCUT2D eigenvalue weighted by molar-refractivity contribution is 7.00. The number of fused-ring (bicyclic) bond motifs is 2. The van der Waals surface area contributed by atoms with Crippen LogP contribution in [0.3, 0.4) is 0 Å². The van der Waals surface area contributed by atoms with E-state index in [1.807, 2.05) is 32.0 Å². The molecule has 9 heteroatoms. The monoisotopic (exact) mass is 458 g/mol. The third-order valence-electron chi connectivity index (χ3n) is 6.13. The van der Waals surface area contributed by atoms with Crippen molar-refractivity contribution in [2.45, 2.75) is 13.8 Å². The molecule has 1 aromatic carbocycles. The molecule has 3 aromatic heterocycles. The summed E-state index contributed by atoms with van der Waals surface area (Å²) in [4.78, 5) is 29.4. The second-order valence-electron chi connectivity index (χ2n) is 8.14. The molecule has 0 spiro atoms. The Morgan fingerprint density at radius 1 is 0.727 bits per heavy atom. The predicted octanol–water partition coefficient (Wildman–Crippen LogP) is 4.23. The number of carbonyl (C=O) groups excluding carboxylic acids is 2. The molecule has 0 fully saturated rings. The van der Waals surface area contributed by atoms with Crippen molar-refractivity contribution in [1.82, 2.24) is 18.5 Å². The molecular weight excluding hydrogens is 440 g/mol. The van der Waals surface area contributed by atoms with Crippen molar-refractivity contribution in [2.75, 3.05) is 14.1 Å². The van der Waals surface area contributed by atoms with Gasteiger partial charge in [0.1, 0.15) is 33.9 Å². The standard InChI is InChI=1S/C24H18N4O4S/c1-11-5-7-13(20-19(11)25-33-26-20)14-9-10-16(32-14)22-18-17(23(29)28(22)4)21(27(3)24(18)30)15-8-6-12(2)31-15/h5-10H,1-4H3. The fourth-order valence-corrected chi connectivity index (χ4v) is 5.08. The summed E-state index contributed by atoms with van der Waals surface area (Å²) in [5, 5.41) is 0. The van der Waals surface area contributed by atoms with E-state index in [9.17, 15) is 9.59 Å². The number of aromatic nitrogens is 2. The largest absolute Gasteiger partial charge is 0.460 e. The first kappa shape index (κ1) is 19.7. The average Bonchev–Trinajstić information content (AvgIpc) is 3.60. The van der Waals surface area contributed by atoms with Gasteiger partial charge in [0.25, 0.3) is 11.8 Å². The number of hydrogen-bond acceptors (Lipinski definition) is 7. The van der Waals surface area contributed by atoms with Gasteiger partial charge in [-0.05, 0) is 49.7 Å². The molecule has 0 unspecified atom stereocenters. The number of furan rings is 2. The van der Waals surface area contributed by atoms with Gasteiger partial charge in [-0.15, -0.1) is 0 Å². The highest BCUT2D eigenvalue weighted by atomic mass is 32.1. The molecule has 5 heterocycles. The van der Waals surface area contributed by atoms with E-state index >= 15 is 0 Å². The summed E-state index contributed by atoms with van der Waals surface area (Å²) < 4.78 is 20.7. The first-order valence-electron chi connectivity index (χ1n) is 10.3. The molecule has 4 aromatic rings. The Morgan fingerprint density at radius 3 is 1.94 bits per heavy atom. The van der Waals surface area contributed by atoms with Gasteiger partial charge in [-0.2, -0.15) is 8.75 Å². The van der Waals surface area contributed by atoms with E-state index in [0.717, 1.165) is 33.9 Å². The van der Waals surface area contributed by atoms with Gasteiger partial charge in [0, 0.05) is 19.7 Å². The SMILES string of the molecule is Cc1ccc(C2=C3C(=O)N(C)C(c4ccc(-c5ccc(C)c6nsnc56)o4)=C3C(=O)N2C)o1. The van der Waals surface area contributed by atoms with Crippen molar-refractivity contribution in [3.05, 3.63) is 70.4 Å². The van der Waals surface area contributed by atoms with Gasteiger partial charge in [0.2, 0.25) is 0 Å². The minimum absolute atomic E-state index is 0.277. The summed E-state index contributed by atoms with van der Waals surface area (Å²) in [7, 11) is 3.29. The van der Waals surface area contributed by atoms with Crippen LogP contribution in [0.5, 0.6) is 0 Å².